The minimum Gasteiger partial charge on any atom is -0.316 e. The molecule has 1 atom stereocenters. The molecule has 0 radical (unpaired) electrons. The van der Waals surface area contributed by atoms with Gasteiger partial charge >= 0.3 is 0 Å². The molecule has 0 spiro atoms. The first kappa shape index (κ1) is 10.4. The molecule has 0 amide bonds. The quantitative estimate of drug-likeness (QED) is 0.846. The third-order valence-electron chi connectivity index (χ3n) is 3.17. The number of rotatable bonds is 3. The Balaban J connectivity index is 1.84. The highest BCUT2D eigenvalue weighted by Crippen LogP contribution is 2.15. The number of tetrazole rings is 1. The zero-order valence-electron chi connectivity index (χ0n) is 9.58. The first-order valence-electron chi connectivity index (χ1n) is 5.97. The molecule has 5 nitrogen and oxygen atoms in total. The second-order valence-electron chi connectivity index (χ2n) is 4.41. The molecule has 17 heavy (non-hydrogen) atoms. The average molecular weight is 229 g/mol. The fraction of sp³-hybridized carbons (Fsp3) is 0.417. The largest absolute Gasteiger partial charge is 0.316 e. The lowest BCUT2D eigenvalue weighted by molar-refractivity contribution is 0.551. The molecular weight excluding hydrogens is 214 g/mol. The number of aromatic nitrogens is 4. The molecule has 1 aromatic heterocycles. The molecule has 1 N–H and O–H groups in total. The number of benzene rings is 1. The van der Waals surface area contributed by atoms with Gasteiger partial charge in [-0.3, -0.25) is 0 Å². The van der Waals surface area contributed by atoms with Crippen LogP contribution in [-0.2, 0) is 6.42 Å². The van der Waals surface area contributed by atoms with Crippen LogP contribution < -0.4 is 5.32 Å². The summed E-state index contributed by atoms with van der Waals surface area (Å²) in [5.74, 6) is 1.60. The van der Waals surface area contributed by atoms with Gasteiger partial charge in [0.2, 0.25) is 0 Å². The predicted octanol–water partition coefficient (Wildman–Crippen LogP) is 0.814. The predicted molar refractivity (Wildman–Crippen MR) is 63.8 cm³/mol. The highest BCUT2D eigenvalue weighted by atomic mass is 15.5. The maximum Gasteiger partial charge on any atom is 0.157 e. The smallest absolute Gasteiger partial charge is 0.157 e. The molecule has 1 aromatic carbocycles. The standard InChI is InChI=1S/C12H15N5/c1-2-4-11(5-3-1)17-12(14-15-16-17)8-10-6-7-13-9-10/h1-5,10,13H,6-9H2. The van der Waals surface area contributed by atoms with Gasteiger partial charge in [0.05, 0.1) is 5.69 Å². The van der Waals surface area contributed by atoms with E-state index in [1.165, 1.54) is 6.42 Å². The van der Waals surface area contributed by atoms with Crippen molar-refractivity contribution in [2.45, 2.75) is 12.8 Å². The Kier molecular flexibility index (Phi) is 2.83. The van der Waals surface area contributed by atoms with Crippen molar-refractivity contribution in [1.82, 2.24) is 25.5 Å². The Morgan fingerprint density at radius 2 is 2.18 bits per heavy atom. The maximum atomic E-state index is 4.13. The molecule has 1 fully saturated rings. The van der Waals surface area contributed by atoms with E-state index < -0.39 is 0 Å². The molecule has 88 valence electrons. The van der Waals surface area contributed by atoms with Crippen LogP contribution in [0, 0.1) is 5.92 Å². The first-order chi connectivity index (χ1) is 8.43. The maximum absolute atomic E-state index is 4.13. The fourth-order valence-electron chi connectivity index (χ4n) is 2.25. The average Bonchev–Trinajstić information content (AvgIpc) is 3.02. The van der Waals surface area contributed by atoms with Crippen LogP contribution in [0.5, 0.6) is 0 Å². The van der Waals surface area contributed by atoms with Crippen LogP contribution in [0.1, 0.15) is 12.2 Å². The van der Waals surface area contributed by atoms with E-state index in [1.54, 1.807) is 0 Å². The van der Waals surface area contributed by atoms with Crippen LogP contribution >= 0.6 is 0 Å². The summed E-state index contributed by atoms with van der Waals surface area (Å²) in [7, 11) is 0. The van der Waals surface area contributed by atoms with E-state index in [4.69, 9.17) is 0 Å². The number of hydrogen-bond donors (Lipinski definition) is 1. The van der Waals surface area contributed by atoms with Gasteiger partial charge in [-0.25, -0.2) is 0 Å². The number of para-hydroxylation sites is 1. The van der Waals surface area contributed by atoms with Crippen molar-refractivity contribution in [1.29, 1.82) is 0 Å². The minimum absolute atomic E-state index is 0.656. The second-order valence-corrected chi connectivity index (χ2v) is 4.41. The molecule has 1 saturated heterocycles. The molecule has 2 heterocycles. The zero-order chi connectivity index (χ0) is 11.5. The van der Waals surface area contributed by atoms with E-state index in [2.05, 4.69) is 20.8 Å². The first-order valence-corrected chi connectivity index (χ1v) is 5.97. The molecule has 5 heteroatoms. The van der Waals surface area contributed by atoms with Gasteiger partial charge in [-0.1, -0.05) is 18.2 Å². The van der Waals surface area contributed by atoms with E-state index in [0.717, 1.165) is 31.0 Å². The number of hydrogen-bond acceptors (Lipinski definition) is 4. The van der Waals surface area contributed by atoms with Crippen molar-refractivity contribution in [2.75, 3.05) is 13.1 Å². The molecule has 3 rings (SSSR count). The summed E-state index contributed by atoms with van der Waals surface area (Å²) in [6.07, 6.45) is 2.15. The van der Waals surface area contributed by atoms with Crippen molar-refractivity contribution in [3.63, 3.8) is 0 Å². The molecule has 0 saturated carbocycles. The van der Waals surface area contributed by atoms with Crippen molar-refractivity contribution >= 4 is 0 Å². The molecule has 1 unspecified atom stereocenters. The third-order valence-corrected chi connectivity index (χ3v) is 3.17. The molecule has 2 aromatic rings. The Hall–Kier alpha value is -1.75. The summed E-state index contributed by atoms with van der Waals surface area (Å²) >= 11 is 0. The number of nitrogens with one attached hydrogen (secondary N) is 1. The second kappa shape index (κ2) is 4.63. The van der Waals surface area contributed by atoms with Gasteiger partial charge in [-0.2, -0.15) is 4.68 Å². The molecule has 1 aliphatic heterocycles. The van der Waals surface area contributed by atoms with Gasteiger partial charge in [0.25, 0.3) is 0 Å². The van der Waals surface area contributed by atoms with Crippen molar-refractivity contribution in [3.05, 3.63) is 36.2 Å². The SMILES string of the molecule is c1ccc(-n2nnnc2CC2CCNC2)cc1. The fourth-order valence-corrected chi connectivity index (χ4v) is 2.25. The van der Waals surface area contributed by atoms with Crippen LogP contribution in [0.4, 0.5) is 0 Å². The van der Waals surface area contributed by atoms with E-state index in [1.807, 2.05) is 35.0 Å². The lowest BCUT2D eigenvalue weighted by atomic mass is 10.0. The van der Waals surface area contributed by atoms with E-state index in [-0.39, 0.29) is 0 Å². The lowest BCUT2D eigenvalue weighted by Gasteiger charge is -2.08. The third kappa shape index (κ3) is 2.19. The highest BCUT2D eigenvalue weighted by molar-refractivity contribution is 5.30. The Bertz CT molecular complexity index is 473. The van der Waals surface area contributed by atoms with Crippen molar-refractivity contribution in [2.24, 2.45) is 5.92 Å². The van der Waals surface area contributed by atoms with Gasteiger partial charge in [0.15, 0.2) is 5.82 Å². The van der Waals surface area contributed by atoms with Gasteiger partial charge < -0.3 is 5.32 Å². The van der Waals surface area contributed by atoms with Crippen LogP contribution in [0.2, 0.25) is 0 Å². The normalized spacial score (nSPS) is 19.6. The van der Waals surface area contributed by atoms with Crippen LogP contribution in [-0.4, -0.2) is 33.3 Å². The summed E-state index contributed by atoms with van der Waals surface area (Å²) < 4.78 is 1.83. The van der Waals surface area contributed by atoms with Gasteiger partial charge in [0.1, 0.15) is 0 Å². The van der Waals surface area contributed by atoms with Gasteiger partial charge in [0, 0.05) is 6.42 Å². The van der Waals surface area contributed by atoms with Crippen LogP contribution in [0.25, 0.3) is 5.69 Å². The Labute approximate surface area is 99.8 Å². The van der Waals surface area contributed by atoms with Crippen LogP contribution in [0.15, 0.2) is 30.3 Å². The molecule has 0 bridgehead atoms. The Morgan fingerprint density at radius 3 is 2.94 bits per heavy atom. The Morgan fingerprint density at radius 1 is 1.29 bits per heavy atom. The summed E-state index contributed by atoms with van der Waals surface area (Å²) in [6.45, 7) is 2.18. The highest BCUT2D eigenvalue weighted by Gasteiger charge is 2.18. The molecule has 1 aliphatic rings. The number of nitrogens with zero attached hydrogens (tertiary/aromatic N) is 4. The van der Waals surface area contributed by atoms with E-state index in [9.17, 15) is 0 Å². The molecule has 0 aliphatic carbocycles. The minimum atomic E-state index is 0.656. The molecular formula is C12H15N5. The summed E-state index contributed by atoms with van der Waals surface area (Å²) in [4.78, 5) is 0. The van der Waals surface area contributed by atoms with E-state index in [0.29, 0.717) is 5.92 Å². The van der Waals surface area contributed by atoms with Gasteiger partial charge in [-0.15, -0.1) is 5.10 Å². The van der Waals surface area contributed by atoms with Crippen LogP contribution in [0.3, 0.4) is 0 Å². The lowest BCUT2D eigenvalue weighted by Crippen LogP contribution is -2.13. The zero-order valence-corrected chi connectivity index (χ0v) is 9.58. The van der Waals surface area contributed by atoms with Gasteiger partial charge in [-0.05, 0) is 48.0 Å². The summed E-state index contributed by atoms with van der Waals surface area (Å²) in [6, 6.07) is 10.0. The monoisotopic (exact) mass is 229 g/mol. The van der Waals surface area contributed by atoms with Crippen molar-refractivity contribution in [3.8, 4) is 5.69 Å². The van der Waals surface area contributed by atoms with Crippen molar-refractivity contribution < 1.29 is 0 Å². The van der Waals surface area contributed by atoms with E-state index >= 15 is 0 Å². The summed E-state index contributed by atoms with van der Waals surface area (Å²) in [5, 5.41) is 15.3. The topological polar surface area (TPSA) is 55.6 Å². The summed E-state index contributed by atoms with van der Waals surface area (Å²) in [5.41, 5.74) is 1.03.